The van der Waals surface area contributed by atoms with Crippen LogP contribution in [-0.2, 0) is 14.6 Å². The lowest BCUT2D eigenvalue weighted by atomic mass is 10.1. The number of benzene rings is 1. The molecule has 0 atom stereocenters. The van der Waals surface area contributed by atoms with Crippen LogP contribution in [0.15, 0.2) is 23.2 Å². The summed E-state index contributed by atoms with van der Waals surface area (Å²) in [6, 6.07) is 5.38. The summed E-state index contributed by atoms with van der Waals surface area (Å²) in [4.78, 5) is 16.3. The Kier molecular flexibility index (Phi) is 7.72. The minimum Gasteiger partial charge on any atom is -0.490 e. The molecule has 1 amide bonds. The Hall–Kier alpha value is -2.49. The van der Waals surface area contributed by atoms with Crippen LogP contribution in [0.1, 0.15) is 27.2 Å². The van der Waals surface area contributed by atoms with Crippen LogP contribution in [0, 0.1) is 0 Å². The molecule has 2 rings (SSSR count). The number of hydrogen-bond donors (Lipinski definition) is 3. The molecule has 0 radical (unpaired) electrons. The van der Waals surface area contributed by atoms with Crippen molar-refractivity contribution >= 4 is 27.4 Å². The Bertz CT molecular complexity index is 847. The Morgan fingerprint density at radius 2 is 1.86 bits per heavy atom. The van der Waals surface area contributed by atoms with E-state index in [0.717, 1.165) is 6.42 Å². The first-order valence-corrected chi connectivity index (χ1v) is 11.5. The largest absolute Gasteiger partial charge is 0.490 e. The lowest BCUT2D eigenvalue weighted by Crippen LogP contribution is -2.42. The van der Waals surface area contributed by atoms with Crippen molar-refractivity contribution in [1.29, 1.82) is 0 Å². The fraction of sp³-hybridized carbons (Fsp3) is 0.579. The van der Waals surface area contributed by atoms with Gasteiger partial charge in [0.05, 0.1) is 19.0 Å². The van der Waals surface area contributed by atoms with Gasteiger partial charge in [-0.05, 0) is 32.9 Å². The molecule has 9 nitrogen and oxygen atoms in total. The normalized spacial score (nSPS) is 14.7. The predicted octanol–water partition coefficient (Wildman–Crippen LogP) is 1.16. The Balaban J connectivity index is 2.10. The highest BCUT2D eigenvalue weighted by Gasteiger charge is 2.14. The number of amides is 1. The van der Waals surface area contributed by atoms with Crippen LogP contribution >= 0.6 is 0 Å². The molecule has 1 aromatic rings. The molecule has 10 heteroatoms. The van der Waals surface area contributed by atoms with E-state index >= 15 is 0 Å². The van der Waals surface area contributed by atoms with Crippen LogP contribution in [0.2, 0.25) is 0 Å². The summed E-state index contributed by atoms with van der Waals surface area (Å²) in [5, 5.41) is 8.86. The number of guanidine groups is 1. The highest BCUT2D eigenvalue weighted by atomic mass is 32.2. The first-order valence-electron chi connectivity index (χ1n) is 9.45. The molecule has 0 saturated carbocycles. The minimum atomic E-state index is -3.13. The molecule has 29 heavy (non-hydrogen) atoms. The third-order valence-corrected chi connectivity index (χ3v) is 4.62. The van der Waals surface area contributed by atoms with Crippen molar-refractivity contribution in [3.05, 3.63) is 18.2 Å². The van der Waals surface area contributed by atoms with Gasteiger partial charge in [-0.15, -0.1) is 0 Å². The molecule has 1 heterocycles. The van der Waals surface area contributed by atoms with Gasteiger partial charge in [0.2, 0.25) is 5.91 Å². The molecule has 0 saturated heterocycles. The number of carbonyl (C=O) groups is 1. The molecule has 0 bridgehead atoms. The summed E-state index contributed by atoms with van der Waals surface area (Å²) in [6.07, 6.45) is 1.97. The van der Waals surface area contributed by atoms with Crippen molar-refractivity contribution in [2.24, 2.45) is 4.99 Å². The summed E-state index contributed by atoms with van der Waals surface area (Å²) in [6.45, 7) is 6.88. The quantitative estimate of drug-likeness (QED) is 0.461. The lowest BCUT2D eigenvalue weighted by molar-refractivity contribution is -0.121. The number of anilines is 1. The number of fused-ring (bicyclic) bond motifs is 1. The van der Waals surface area contributed by atoms with E-state index in [1.807, 2.05) is 20.8 Å². The van der Waals surface area contributed by atoms with Crippen LogP contribution in [0.4, 0.5) is 5.69 Å². The fourth-order valence-electron chi connectivity index (χ4n) is 2.48. The van der Waals surface area contributed by atoms with Crippen LogP contribution in [0.3, 0.4) is 0 Å². The summed E-state index contributed by atoms with van der Waals surface area (Å²) in [7, 11) is -3.13. The Labute approximate surface area is 172 Å². The number of nitrogens with one attached hydrogen (secondary N) is 3. The van der Waals surface area contributed by atoms with Crippen LogP contribution < -0.4 is 25.4 Å². The van der Waals surface area contributed by atoms with E-state index in [2.05, 4.69) is 20.9 Å². The van der Waals surface area contributed by atoms with E-state index < -0.39 is 9.84 Å². The molecular weight excluding hydrogens is 396 g/mol. The molecular formula is C19H30N4O5S. The Morgan fingerprint density at radius 1 is 1.17 bits per heavy atom. The molecule has 0 unspecified atom stereocenters. The molecule has 162 valence electrons. The topological polar surface area (TPSA) is 118 Å². The van der Waals surface area contributed by atoms with Crippen molar-refractivity contribution in [3.8, 4) is 11.5 Å². The number of hydrogen-bond acceptors (Lipinski definition) is 6. The van der Waals surface area contributed by atoms with Gasteiger partial charge in [0, 0.05) is 36.5 Å². The maximum absolute atomic E-state index is 12.1. The standard InChI is InChI=1S/C19H30N4O5S/c1-19(2,3)23-17(24)13-21-18(20-8-11-29(4,25)26)22-14-6-7-15-16(12-14)28-10-5-9-27-15/h6-7,12H,5,8-11,13H2,1-4H3,(H,23,24)(H2,20,21,22). The number of nitrogens with zero attached hydrogens (tertiary/aromatic N) is 1. The molecule has 1 aliphatic heterocycles. The molecule has 1 aromatic carbocycles. The van der Waals surface area contributed by atoms with Crippen LogP contribution in [-0.4, -0.2) is 64.1 Å². The van der Waals surface area contributed by atoms with Crippen molar-refractivity contribution in [2.45, 2.75) is 32.7 Å². The van der Waals surface area contributed by atoms with Crippen molar-refractivity contribution in [3.63, 3.8) is 0 Å². The highest BCUT2D eigenvalue weighted by Crippen LogP contribution is 2.32. The number of sulfone groups is 1. The van der Waals surface area contributed by atoms with E-state index in [4.69, 9.17) is 9.47 Å². The fourth-order valence-corrected chi connectivity index (χ4v) is 2.95. The van der Waals surface area contributed by atoms with E-state index in [-0.39, 0.29) is 30.3 Å². The number of carbonyl (C=O) groups excluding carboxylic acids is 1. The highest BCUT2D eigenvalue weighted by molar-refractivity contribution is 7.90. The first kappa shape index (κ1) is 22.8. The summed E-state index contributed by atoms with van der Waals surface area (Å²) in [5.74, 6) is 1.30. The second-order valence-electron chi connectivity index (χ2n) is 7.86. The van der Waals surface area contributed by atoms with E-state index in [1.54, 1.807) is 18.2 Å². The lowest BCUT2D eigenvalue weighted by Gasteiger charge is -2.20. The summed E-state index contributed by atoms with van der Waals surface area (Å²) >= 11 is 0. The average molecular weight is 427 g/mol. The van der Waals surface area contributed by atoms with Crippen molar-refractivity contribution < 1.29 is 22.7 Å². The van der Waals surface area contributed by atoms with E-state index in [0.29, 0.717) is 36.4 Å². The van der Waals surface area contributed by atoms with Crippen molar-refractivity contribution in [1.82, 2.24) is 10.6 Å². The van der Waals surface area contributed by atoms with Gasteiger partial charge < -0.3 is 25.4 Å². The van der Waals surface area contributed by atoms with Gasteiger partial charge in [0.15, 0.2) is 17.5 Å². The zero-order valence-electron chi connectivity index (χ0n) is 17.4. The second kappa shape index (κ2) is 9.82. The molecule has 0 spiro atoms. The van der Waals surface area contributed by atoms with Crippen molar-refractivity contribution in [2.75, 3.05) is 43.6 Å². The Morgan fingerprint density at radius 3 is 2.52 bits per heavy atom. The molecule has 3 N–H and O–H groups in total. The maximum Gasteiger partial charge on any atom is 0.242 e. The first-order chi connectivity index (χ1) is 13.5. The summed E-state index contributed by atoms with van der Waals surface area (Å²) in [5.41, 5.74) is 0.314. The zero-order valence-corrected chi connectivity index (χ0v) is 18.2. The van der Waals surface area contributed by atoms with Gasteiger partial charge in [-0.2, -0.15) is 0 Å². The minimum absolute atomic E-state index is 0.0526. The average Bonchev–Trinajstić information content (AvgIpc) is 2.82. The smallest absolute Gasteiger partial charge is 0.242 e. The van der Waals surface area contributed by atoms with Crippen LogP contribution in [0.25, 0.3) is 0 Å². The molecule has 1 aliphatic rings. The van der Waals surface area contributed by atoms with Gasteiger partial charge >= 0.3 is 0 Å². The van der Waals surface area contributed by atoms with Crippen LogP contribution in [0.5, 0.6) is 11.5 Å². The van der Waals surface area contributed by atoms with Gasteiger partial charge in [-0.3, -0.25) is 4.79 Å². The SMILES string of the molecule is CC(C)(C)NC(=O)CN=C(NCCS(C)(=O)=O)Nc1ccc2c(c1)OCCCO2. The number of rotatable bonds is 6. The maximum atomic E-state index is 12.1. The molecule has 0 aliphatic carbocycles. The predicted molar refractivity (Wildman–Crippen MR) is 114 cm³/mol. The van der Waals surface area contributed by atoms with E-state index in [9.17, 15) is 13.2 Å². The molecule has 0 fully saturated rings. The van der Waals surface area contributed by atoms with Gasteiger partial charge in [0.1, 0.15) is 16.4 Å². The third-order valence-electron chi connectivity index (χ3n) is 3.67. The second-order valence-corrected chi connectivity index (χ2v) is 10.1. The zero-order chi connectivity index (χ0) is 21.5. The molecule has 0 aromatic heterocycles. The third kappa shape index (κ3) is 9.03. The van der Waals surface area contributed by atoms with Gasteiger partial charge in [-0.1, -0.05) is 0 Å². The van der Waals surface area contributed by atoms with Gasteiger partial charge in [-0.25, -0.2) is 13.4 Å². The number of ether oxygens (including phenoxy) is 2. The monoisotopic (exact) mass is 426 g/mol. The number of aliphatic imine (C=N–C) groups is 1. The summed E-state index contributed by atoms with van der Waals surface area (Å²) < 4.78 is 34.1. The van der Waals surface area contributed by atoms with Gasteiger partial charge in [0.25, 0.3) is 0 Å². The van der Waals surface area contributed by atoms with E-state index in [1.165, 1.54) is 6.26 Å².